The van der Waals surface area contributed by atoms with Gasteiger partial charge in [0.05, 0.1) is 6.54 Å². The van der Waals surface area contributed by atoms with Crippen molar-refractivity contribution in [2.24, 2.45) is 0 Å². The van der Waals surface area contributed by atoms with Crippen molar-refractivity contribution in [2.45, 2.75) is 13.1 Å². The zero-order chi connectivity index (χ0) is 18.5. The van der Waals surface area contributed by atoms with E-state index in [2.05, 4.69) is 49.3 Å². The van der Waals surface area contributed by atoms with Crippen molar-refractivity contribution in [3.8, 4) is 0 Å². The summed E-state index contributed by atoms with van der Waals surface area (Å²) in [7, 11) is 0. The molecular formula is C19H25N7O. The van der Waals surface area contributed by atoms with Crippen molar-refractivity contribution < 1.29 is 4.79 Å². The maximum atomic E-state index is 12.4. The molecule has 0 radical (unpaired) electrons. The summed E-state index contributed by atoms with van der Waals surface area (Å²) in [4.78, 5) is 20.6. The second-order valence-electron chi connectivity index (χ2n) is 6.79. The van der Waals surface area contributed by atoms with Crippen LogP contribution in [0.1, 0.15) is 0 Å². The fraction of sp³-hybridized carbons (Fsp3) is 0.421. The van der Waals surface area contributed by atoms with Crippen LogP contribution in [0.3, 0.4) is 0 Å². The summed E-state index contributed by atoms with van der Waals surface area (Å²) in [5.41, 5.74) is 1.20. The number of amides is 2. The molecule has 0 aliphatic carbocycles. The predicted molar refractivity (Wildman–Crippen MR) is 103 cm³/mol. The molecule has 1 aliphatic rings. The Hall–Kier alpha value is -2.87. The molecule has 1 fully saturated rings. The van der Waals surface area contributed by atoms with Gasteiger partial charge in [-0.1, -0.05) is 18.2 Å². The fourth-order valence-corrected chi connectivity index (χ4v) is 3.50. The molecular weight excluding hydrogens is 342 g/mol. The zero-order valence-corrected chi connectivity index (χ0v) is 15.4. The van der Waals surface area contributed by atoms with E-state index in [1.165, 1.54) is 10.9 Å². The SMILES string of the molecule is O=C(NCCn1ccc2ccccc21)N1CCN(CCn2cncn2)CC1. The summed E-state index contributed by atoms with van der Waals surface area (Å²) in [6.07, 6.45) is 5.36. The number of aromatic nitrogens is 4. The number of benzene rings is 1. The minimum Gasteiger partial charge on any atom is -0.346 e. The lowest BCUT2D eigenvalue weighted by Crippen LogP contribution is -2.52. The summed E-state index contributed by atoms with van der Waals surface area (Å²) in [5, 5.41) is 8.40. The molecule has 0 atom stereocenters. The van der Waals surface area contributed by atoms with Gasteiger partial charge in [-0.2, -0.15) is 5.10 Å². The Morgan fingerprint density at radius 1 is 1.04 bits per heavy atom. The van der Waals surface area contributed by atoms with Crippen molar-refractivity contribution in [2.75, 3.05) is 39.3 Å². The van der Waals surface area contributed by atoms with E-state index in [1.54, 1.807) is 12.7 Å². The van der Waals surface area contributed by atoms with Gasteiger partial charge in [0.2, 0.25) is 0 Å². The first-order chi connectivity index (χ1) is 13.3. The van der Waals surface area contributed by atoms with Crippen LogP contribution in [-0.2, 0) is 13.1 Å². The second-order valence-corrected chi connectivity index (χ2v) is 6.79. The molecule has 3 aromatic rings. The predicted octanol–water partition coefficient (Wildman–Crippen LogP) is 1.26. The Balaban J connectivity index is 1.18. The van der Waals surface area contributed by atoms with E-state index in [9.17, 15) is 4.79 Å². The Bertz CT molecular complexity index is 865. The molecule has 2 aromatic heterocycles. The average Bonchev–Trinajstić information content (AvgIpc) is 3.37. The molecule has 0 bridgehead atoms. The van der Waals surface area contributed by atoms with Crippen LogP contribution in [0.25, 0.3) is 10.9 Å². The average molecular weight is 367 g/mol. The number of urea groups is 1. The number of rotatable bonds is 6. The number of hydrogen-bond donors (Lipinski definition) is 1. The normalized spacial score (nSPS) is 15.3. The van der Waals surface area contributed by atoms with Crippen LogP contribution in [0.5, 0.6) is 0 Å². The molecule has 2 amide bonds. The Labute approximate surface area is 158 Å². The van der Waals surface area contributed by atoms with Gasteiger partial charge in [0, 0.05) is 57.5 Å². The quantitative estimate of drug-likeness (QED) is 0.712. The largest absolute Gasteiger partial charge is 0.346 e. The van der Waals surface area contributed by atoms with Crippen LogP contribution in [0.2, 0.25) is 0 Å². The number of nitrogens with zero attached hydrogens (tertiary/aromatic N) is 6. The number of carbonyl (C=O) groups is 1. The molecule has 0 spiro atoms. The zero-order valence-electron chi connectivity index (χ0n) is 15.4. The van der Waals surface area contributed by atoms with Crippen LogP contribution in [-0.4, -0.2) is 74.4 Å². The molecule has 1 aromatic carbocycles. The first-order valence-electron chi connectivity index (χ1n) is 9.41. The third-order valence-electron chi connectivity index (χ3n) is 5.08. The molecule has 27 heavy (non-hydrogen) atoms. The van der Waals surface area contributed by atoms with Gasteiger partial charge in [-0.3, -0.25) is 9.58 Å². The van der Waals surface area contributed by atoms with E-state index in [0.29, 0.717) is 6.54 Å². The molecule has 1 aliphatic heterocycles. The lowest BCUT2D eigenvalue weighted by Gasteiger charge is -2.34. The van der Waals surface area contributed by atoms with Gasteiger partial charge in [0.15, 0.2) is 0 Å². The van der Waals surface area contributed by atoms with Gasteiger partial charge < -0.3 is 14.8 Å². The third-order valence-corrected chi connectivity index (χ3v) is 5.08. The molecule has 1 saturated heterocycles. The summed E-state index contributed by atoms with van der Waals surface area (Å²) in [6, 6.07) is 10.4. The molecule has 8 heteroatoms. The maximum Gasteiger partial charge on any atom is 0.317 e. The molecule has 142 valence electrons. The van der Waals surface area contributed by atoms with Crippen LogP contribution >= 0.6 is 0 Å². The van der Waals surface area contributed by atoms with E-state index in [1.807, 2.05) is 21.7 Å². The van der Waals surface area contributed by atoms with E-state index in [4.69, 9.17) is 0 Å². The summed E-state index contributed by atoms with van der Waals surface area (Å²) in [6.45, 7) is 6.47. The highest BCUT2D eigenvalue weighted by Crippen LogP contribution is 2.14. The van der Waals surface area contributed by atoms with Crippen LogP contribution in [0, 0.1) is 0 Å². The molecule has 0 saturated carbocycles. The Kier molecular flexibility index (Phi) is 5.34. The van der Waals surface area contributed by atoms with E-state index >= 15 is 0 Å². The summed E-state index contributed by atoms with van der Waals surface area (Å²) < 4.78 is 4.02. The monoisotopic (exact) mass is 367 g/mol. The highest BCUT2D eigenvalue weighted by Gasteiger charge is 2.20. The first kappa shape index (κ1) is 17.5. The number of fused-ring (bicyclic) bond motifs is 1. The molecule has 1 N–H and O–H groups in total. The smallest absolute Gasteiger partial charge is 0.317 e. The molecule has 8 nitrogen and oxygen atoms in total. The molecule has 0 unspecified atom stereocenters. The van der Waals surface area contributed by atoms with Gasteiger partial charge in [-0.15, -0.1) is 0 Å². The lowest BCUT2D eigenvalue weighted by atomic mass is 10.2. The van der Waals surface area contributed by atoms with Crippen molar-refractivity contribution in [1.82, 2.24) is 34.4 Å². The van der Waals surface area contributed by atoms with E-state index in [0.717, 1.165) is 45.8 Å². The first-order valence-corrected chi connectivity index (χ1v) is 9.41. The van der Waals surface area contributed by atoms with Gasteiger partial charge >= 0.3 is 6.03 Å². The van der Waals surface area contributed by atoms with Crippen LogP contribution < -0.4 is 5.32 Å². The number of carbonyl (C=O) groups excluding carboxylic acids is 1. The summed E-state index contributed by atoms with van der Waals surface area (Å²) in [5.74, 6) is 0. The third kappa shape index (κ3) is 4.28. The standard InChI is InChI=1S/C19H25N7O/c27-19(21-6-8-24-7-5-17-3-1-2-4-18(17)24)25-12-9-23(10-13-25)11-14-26-16-20-15-22-26/h1-5,7,15-16H,6,8-14H2,(H,21,27). The van der Waals surface area contributed by atoms with E-state index < -0.39 is 0 Å². The lowest BCUT2D eigenvalue weighted by molar-refractivity contribution is 0.136. The van der Waals surface area contributed by atoms with Gasteiger partial charge in [0.1, 0.15) is 12.7 Å². The van der Waals surface area contributed by atoms with Crippen molar-refractivity contribution >= 4 is 16.9 Å². The van der Waals surface area contributed by atoms with Crippen LogP contribution in [0.4, 0.5) is 4.79 Å². The minimum absolute atomic E-state index is 0.0300. The Morgan fingerprint density at radius 3 is 2.70 bits per heavy atom. The number of hydrogen-bond acceptors (Lipinski definition) is 4. The molecule has 4 rings (SSSR count). The maximum absolute atomic E-state index is 12.4. The number of nitrogens with one attached hydrogen (secondary N) is 1. The van der Waals surface area contributed by atoms with Crippen molar-refractivity contribution in [3.05, 3.63) is 49.2 Å². The van der Waals surface area contributed by atoms with Crippen molar-refractivity contribution in [3.63, 3.8) is 0 Å². The Morgan fingerprint density at radius 2 is 1.89 bits per heavy atom. The topological polar surface area (TPSA) is 71.2 Å². The van der Waals surface area contributed by atoms with Gasteiger partial charge in [0.25, 0.3) is 0 Å². The van der Waals surface area contributed by atoms with Crippen LogP contribution in [0.15, 0.2) is 49.2 Å². The second kappa shape index (κ2) is 8.22. The summed E-state index contributed by atoms with van der Waals surface area (Å²) >= 11 is 0. The van der Waals surface area contributed by atoms with E-state index in [-0.39, 0.29) is 6.03 Å². The number of piperazine rings is 1. The van der Waals surface area contributed by atoms with Gasteiger partial charge in [-0.25, -0.2) is 9.78 Å². The van der Waals surface area contributed by atoms with Gasteiger partial charge in [-0.05, 0) is 17.5 Å². The molecule has 3 heterocycles. The highest BCUT2D eigenvalue weighted by atomic mass is 16.2. The minimum atomic E-state index is 0.0300. The number of para-hydroxylation sites is 1. The van der Waals surface area contributed by atoms with Crippen molar-refractivity contribution in [1.29, 1.82) is 0 Å². The highest BCUT2D eigenvalue weighted by molar-refractivity contribution is 5.80. The fourth-order valence-electron chi connectivity index (χ4n) is 3.50.